The Labute approximate surface area is 174 Å². The van der Waals surface area contributed by atoms with Crippen molar-refractivity contribution >= 4 is 33.9 Å². The summed E-state index contributed by atoms with van der Waals surface area (Å²) in [6, 6.07) is 7.70. The maximum absolute atomic E-state index is 12.2. The lowest BCUT2D eigenvalue weighted by Crippen LogP contribution is -2.14. The largest absolute Gasteiger partial charge is 0.442 e. The molecule has 0 saturated heterocycles. The van der Waals surface area contributed by atoms with Crippen LogP contribution in [0, 0.1) is 13.8 Å². The van der Waals surface area contributed by atoms with Crippen LogP contribution in [-0.2, 0) is 0 Å². The summed E-state index contributed by atoms with van der Waals surface area (Å²) in [4.78, 5) is 31.1. The van der Waals surface area contributed by atoms with Crippen LogP contribution in [0.1, 0.15) is 40.5 Å². The number of furan rings is 1. The minimum absolute atomic E-state index is 0.155. The number of nitrogens with zero attached hydrogens (tertiary/aromatic N) is 5. The molecule has 1 N–H and O–H groups in total. The molecule has 9 nitrogen and oxygen atoms in total. The maximum Gasteiger partial charge on any atom is 0.262 e. The number of nitrogens with one attached hydrogen (secondary N) is 1. The molecule has 1 aromatic carbocycles. The molecule has 0 fully saturated rings. The van der Waals surface area contributed by atoms with Gasteiger partial charge in [0.1, 0.15) is 11.1 Å². The number of hydrogen-bond donors (Lipinski definition) is 1. The van der Waals surface area contributed by atoms with E-state index in [1.807, 2.05) is 31.2 Å². The first-order valence-corrected chi connectivity index (χ1v) is 9.90. The van der Waals surface area contributed by atoms with Crippen LogP contribution in [0.4, 0.5) is 0 Å². The molecule has 0 atom stereocenters. The Hall–Kier alpha value is -3.66. The molecular weight excluding hydrogens is 404 g/mol. The van der Waals surface area contributed by atoms with Crippen LogP contribution in [-0.4, -0.2) is 31.2 Å². The van der Waals surface area contributed by atoms with E-state index in [4.69, 9.17) is 4.42 Å². The van der Waals surface area contributed by atoms with Crippen molar-refractivity contribution in [3.63, 3.8) is 0 Å². The molecule has 0 saturated carbocycles. The van der Waals surface area contributed by atoms with Gasteiger partial charge in [-0.1, -0.05) is 29.0 Å². The minimum Gasteiger partial charge on any atom is -0.442 e. The Balaban J connectivity index is 1.87. The van der Waals surface area contributed by atoms with E-state index >= 15 is 0 Å². The number of aryl methyl sites for hydroxylation is 2. The van der Waals surface area contributed by atoms with Gasteiger partial charge in [0.15, 0.2) is 10.8 Å². The number of Topliss-reactive ketones (excluding diaryl/α,β-unsaturated/α-hetero) is 1. The Morgan fingerprint density at radius 3 is 2.63 bits per heavy atom. The van der Waals surface area contributed by atoms with E-state index in [9.17, 15) is 9.59 Å². The monoisotopic (exact) mass is 422 g/mol. The highest BCUT2D eigenvalue weighted by molar-refractivity contribution is 7.10. The molecule has 0 aliphatic rings. The van der Waals surface area contributed by atoms with Crippen molar-refractivity contribution in [2.24, 2.45) is 10.2 Å². The number of carbonyl (C=O) groups excluding carboxylic acids is 1. The molecular formula is C20H18N6O3S. The van der Waals surface area contributed by atoms with Crippen molar-refractivity contribution in [2.75, 3.05) is 0 Å². The van der Waals surface area contributed by atoms with Gasteiger partial charge in [-0.15, -0.1) is 5.10 Å². The Kier molecular flexibility index (Phi) is 5.00. The standard InChI is InChI=1S/C20H18N6O3S/c1-10-5-7-14(8-6-10)26-20(30-19(25-26)12(3)27)24-23-11(2)15-13(4)29-18-16(15)17(28)21-9-22-18/h5-9H,1-4H3,(H,21,22,28)/b23-11-,24-20-. The second kappa shape index (κ2) is 7.64. The summed E-state index contributed by atoms with van der Waals surface area (Å²) < 4.78 is 7.16. The molecule has 4 rings (SSSR count). The summed E-state index contributed by atoms with van der Waals surface area (Å²) >= 11 is 1.14. The average Bonchev–Trinajstić information content (AvgIpc) is 3.28. The van der Waals surface area contributed by atoms with Crippen molar-refractivity contribution in [1.82, 2.24) is 19.7 Å². The molecule has 3 aromatic heterocycles. The minimum atomic E-state index is -0.312. The van der Waals surface area contributed by atoms with Gasteiger partial charge >= 0.3 is 0 Å². The lowest BCUT2D eigenvalue weighted by molar-refractivity contribution is 0.101. The zero-order valence-corrected chi connectivity index (χ0v) is 17.6. The van der Waals surface area contributed by atoms with Crippen molar-refractivity contribution in [3.05, 3.63) is 67.6 Å². The molecule has 30 heavy (non-hydrogen) atoms. The zero-order valence-electron chi connectivity index (χ0n) is 16.8. The topological polar surface area (TPSA) is 118 Å². The van der Waals surface area contributed by atoms with Gasteiger partial charge in [0.05, 0.1) is 23.3 Å². The van der Waals surface area contributed by atoms with E-state index in [2.05, 4.69) is 25.3 Å². The first-order valence-electron chi connectivity index (χ1n) is 9.08. The number of fused-ring (bicyclic) bond motifs is 1. The average molecular weight is 422 g/mol. The normalized spacial score (nSPS) is 12.7. The van der Waals surface area contributed by atoms with Crippen LogP contribution in [0.2, 0.25) is 0 Å². The van der Waals surface area contributed by atoms with Crippen molar-refractivity contribution < 1.29 is 9.21 Å². The van der Waals surface area contributed by atoms with Gasteiger partial charge in [-0.25, -0.2) is 9.67 Å². The van der Waals surface area contributed by atoms with Gasteiger partial charge in [0.2, 0.25) is 10.5 Å². The number of benzene rings is 1. The molecule has 0 spiro atoms. The highest BCUT2D eigenvalue weighted by Crippen LogP contribution is 2.21. The fourth-order valence-electron chi connectivity index (χ4n) is 3.00. The van der Waals surface area contributed by atoms with E-state index < -0.39 is 0 Å². The predicted octanol–water partition coefficient (Wildman–Crippen LogP) is 2.91. The van der Waals surface area contributed by atoms with Gasteiger partial charge in [0.25, 0.3) is 5.56 Å². The number of carbonyl (C=O) groups is 1. The number of aromatic amines is 1. The lowest BCUT2D eigenvalue weighted by atomic mass is 10.1. The molecule has 3 heterocycles. The van der Waals surface area contributed by atoms with Gasteiger partial charge in [-0.2, -0.15) is 10.2 Å². The summed E-state index contributed by atoms with van der Waals surface area (Å²) in [5.74, 6) is 0.364. The third kappa shape index (κ3) is 3.52. The fourth-order valence-corrected chi connectivity index (χ4v) is 3.75. The molecule has 0 bridgehead atoms. The third-order valence-corrected chi connectivity index (χ3v) is 5.46. The quantitative estimate of drug-likeness (QED) is 0.308. The first-order chi connectivity index (χ1) is 14.3. The Morgan fingerprint density at radius 1 is 1.20 bits per heavy atom. The molecule has 152 valence electrons. The Bertz CT molecular complexity index is 1420. The highest BCUT2D eigenvalue weighted by atomic mass is 32.1. The second-order valence-electron chi connectivity index (χ2n) is 6.72. The van der Waals surface area contributed by atoms with E-state index in [0.29, 0.717) is 32.2 Å². The molecule has 0 amide bonds. The van der Waals surface area contributed by atoms with Crippen LogP contribution >= 0.6 is 11.3 Å². The van der Waals surface area contributed by atoms with Crippen LogP contribution in [0.15, 0.2) is 50.0 Å². The molecule has 0 radical (unpaired) electrons. The Morgan fingerprint density at radius 2 is 1.93 bits per heavy atom. The number of H-pyrrole nitrogens is 1. The number of rotatable bonds is 4. The smallest absolute Gasteiger partial charge is 0.262 e. The van der Waals surface area contributed by atoms with Crippen LogP contribution in [0.3, 0.4) is 0 Å². The molecule has 10 heteroatoms. The summed E-state index contributed by atoms with van der Waals surface area (Å²) in [6.07, 6.45) is 1.29. The van der Waals surface area contributed by atoms with E-state index in [1.54, 1.807) is 18.5 Å². The van der Waals surface area contributed by atoms with Crippen LogP contribution in [0.25, 0.3) is 16.8 Å². The maximum atomic E-state index is 12.2. The summed E-state index contributed by atoms with van der Waals surface area (Å²) in [5, 5.41) is 13.6. The van der Waals surface area contributed by atoms with Crippen LogP contribution < -0.4 is 10.4 Å². The highest BCUT2D eigenvalue weighted by Gasteiger charge is 2.18. The van der Waals surface area contributed by atoms with Crippen molar-refractivity contribution in [2.45, 2.75) is 27.7 Å². The van der Waals surface area contributed by atoms with Crippen molar-refractivity contribution in [3.8, 4) is 5.69 Å². The van der Waals surface area contributed by atoms with Gasteiger partial charge in [-0.05, 0) is 32.9 Å². The van der Waals surface area contributed by atoms with Crippen LogP contribution in [0.5, 0.6) is 0 Å². The van der Waals surface area contributed by atoms with E-state index in [1.165, 1.54) is 13.3 Å². The number of hydrogen-bond acceptors (Lipinski definition) is 8. The lowest BCUT2D eigenvalue weighted by Gasteiger charge is -2.01. The van der Waals surface area contributed by atoms with Gasteiger partial charge in [0, 0.05) is 6.92 Å². The summed E-state index contributed by atoms with van der Waals surface area (Å²) in [6.45, 7) is 6.92. The zero-order chi connectivity index (χ0) is 21.4. The molecule has 0 aliphatic heterocycles. The summed E-state index contributed by atoms with van der Waals surface area (Å²) in [7, 11) is 0. The number of aromatic nitrogens is 4. The third-order valence-electron chi connectivity index (χ3n) is 4.46. The van der Waals surface area contributed by atoms with E-state index in [0.717, 1.165) is 22.6 Å². The predicted molar refractivity (Wildman–Crippen MR) is 113 cm³/mol. The molecule has 0 unspecified atom stereocenters. The number of ketones is 1. The van der Waals surface area contributed by atoms with Gasteiger partial charge < -0.3 is 9.40 Å². The van der Waals surface area contributed by atoms with Crippen molar-refractivity contribution in [1.29, 1.82) is 0 Å². The molecule has 4 aromatic rings. The van der Waals surface area contributed by atoms with E-state index in [-0.39, 0.29) is 17.1 Å². The first kappa shape index (κ1) is 19.6. The van der Waals surface area contributed by atoms with Gasteiger partial charge in [-0.3, -0.25) is 9.59 Å². The second-order valence-corrected chi connectivity index (χ2v) is 7.68. The SMILES string of the molecule is CC(=O)c1nn(-c2ccc(C)cc2)/c(=N/N=C(/C)c2c(C)oc3nc[nH]c(=O)c23)s1. The fraction of sp³-hybridized carbons (Fsp3) is 0.200. The summed E-state index contributed by atoms with van der Waals surface area (Å²) in [5.41, 5.74) is 2.83. The molecule has 0 aliphatic carbocycles.